The number of nitrogens with zero attached hydrogens (tertiary/aromatic N) is 1. The fourth-order valence-corrected chi connectivity index (χ4v) is 3.98. The van der Waals surface area contributed by atoms with Gasteiger partial charge in [0.25, 0.3) is 0 Å². The van der Waals surface area contributed by atoms with Gasteiger partial charge in [-0.15, -0.1) is 0 Å². The molecule has 3 aromatic rings. The number of guanidine groups is 1. The van der Waals surface area contributed by atoms with Gasteiger partial charge in [-0.25, -0.2) is 9.38 Å². The van der Waals surface area contributed by atoms with Crippen molar-refractivity contribution >= 4 is 45.4 Å². The molecular weight excluding hydrogens is 367 g/mol. The maximum atomic E-state index is 15.0. The van der Waals surface area contributed by atoms with Crippen LogP contribution >= 0.6 is 11.6 Å². The zero-order valence-electron chi connectivity index (χ0n) is 14.4. The van der Waals surface area contributed by atoms with Gasteiger partial charge >= 0.3 is 0 Å². The molecule has 0 amide bonds. The maximum Gasteiger partial charge on any atom is 0.198 e. The molecule has 5 nitrogen and oxygen atoms in total. The minimum atomic E-state index is -0.369. The van der Waals surface area contributed by atoms with Crippen LogP contribution in [-0.4, -0.2) is 12.0 Å². The first-order chi connectivity index (χ1) is 13.0. The summed E-state index contributed by atoms with van der Waals surface area (Å²) in [5.74, 6) is 0.380. The van der Waals surface area contributed by atoms with Crippen LogP contribution in [0.1, 0.15) is 12.5 Å². The third-order valence-corrected chi connectivity index (χ3v) is 5.20. The first-order valence-corrected chi connectivity index (χ1v) is 9.01. The van der Waals surface area contributed by atoms with Gasteiger partial charge in [0.05, 0.1) is 10.7 Å². The highest BCUT2D eigenvalue weighted by atomic mass is 35.5. The highest BCUT2D eigenvalue weighted by molar-refractivity contribution is 6.37. The molecule has 136 valence electrons. The molecule has 0 saturated heterocycles. The van der Waals surface area contributed by atoms with Gasteiger partial charge in [-0.1, -0.05) is 23.7 Å². The molecule has 0 aromatic heterocycles. The topological polar surface area (TPSA) is 71.7 Å². The number of fused-ring (bicyclic) bond motifs is 1. The van der Waals surface area contributed by atoms with Crippen molar-refractivity contribution in [1.29, 1.82) is 0 Å². The van der Waals surface area contributed by atoms with E-state index in [1.807, 2.05) is 31.2 Å². The van der Waals surface area contributed by atoms with Gasteiger partial charge in [0.15, 0.2) is 23.3 Å². The monoisotopic (exact) mass is 382 g/mol. The second-order valence-corrected chi connectivity index (χ2v) is 7.22. The molecule has 1 atom stereocenters. The predicted molar refractivity (Wildman–Crippen MR) is 107 cm³/mol. The van der Waals surface area contributed by atoms with Crippen LogP contribution in [0.25, 0.3) is 10.8 Å². The van der Waals surface area contributed by atoms with E-state index in [0.29, 0.717) is 28.4 Å². The number of nitrogens with one attached hydrogen (secondary N) is 2. The summed E-state index contributed by atoms with van der Waals surface area (Å²) in [6.45, 7) is 2.01. The number of rotatable bonds is 2. The molecule has 7 heteroatoms. The molecule has 5 rings (SSSR count). The summed E-state index contributed by atoms with van der Waals surface area (Å²) in [6.07, 6.45) is 0.614. The highest BCUT2D eigenvalue weighted by Crippen LogP contribution is 2.47. The van der Waals surface area contributed by atoms with E-state index in [2.05, 4.69) is 15.6 Å². The summed E-state index contributed by atoms with van der Waals surface area (Å²) in [5.41, 5.74) is 8.67. The van der Waals surface area contributed by atoms with Crippen LogP contribution in [0.5, 0.6) is 11.5 Å². The van der Waals surface area contributed by atoms with Gasteiger partial charge in [0.1, 0.15) is 5.69 Å². The van der Waals surface area contributed by atoms with Gasteiger partial charge in [0.2, 0.25) is 0 Å². The van der Waals surface area contributed by atoms with E-state index in [-0.39, 0.29) is 23.6 Å². The molecule has 27 heavy (non-hydrogen) atoms. The SMILES string of the molecule is CC1Cc2c(ccc(Oc3cc(Cl)c4cccc5c4c3N=C(N)N5)c2F)N1. The smallest absolute Gasteiger partial charge is 0.198 e. The normalized spacial score (nSPS) is 17.1. The zero-order chi connectivity index (χ0) is 18.7. The fraction of sp³-hybridized carbons (Fsp3) is 0.150. The van der Waals surface area contributed by atoms with Crippen molar-refractivity contribution < 1.29 is 9.13 Å². The molecule has 0 bridgehead atoms. The van der Waals surface area contributed by atoms with E-state index in [1.54, 1.807) is 12.1 Å². The lowest BCUT2D eigenvalue weighted by Gasteiger charge is -2.20. The van der Waals surface area contributed by atoms with Crippen molar-refractivity contribution in [3.8, 4) is 11.5 Å². The average molecular weight is 383 g/mol. The van der Waals surface area contributed by atoms with E-state index >= 15 is 0 Å². The number of anilines is 2. The Labute approximate surface area is 160 Å². The average Bonchev–Trinajstić information content (AvgIpc) is 3.02. The van der Waals surface area contributed by atoms with Crippen molar-refractivity contribution in [2.24, 2.45) is 10.7 Å². The van der Waals surface area contributed by atoms with E-state index < -0.39 is 0 Å². The zero-order valence-corrected chi connectivity index (χ0v) is 15.2. The molecule has 3 aromatic carbocycles. The van der Waals surface area contributed by atoms with Gasteiger partial charge < -0.3 is 21.1 Å². The molecule has 1 unspecified atom stereocenters. The lowest BCUT2D eigenvalue weighted by molar-refractivity contribution is 0.441. The molecule has 0 saturated carbocycles. The molecule has 2 aliphatic rings. The fourth-order valence-electron chi connectivity index (χ4n) is 3.72. The lowest BCUT2D eigenvalue weighted by atomic mass is 10.0. The Morgan fingerprint density at radius 1 is 1.22 bits per heavy atom. The molecule has 0 radical (unpaired) electrons. The van der Waals surface area contributed by atoms with Crippen molar-refractivity contribution in [3.05, 3.63) is 52.8 Å². The molecule has 0 aliphatic carbocycles. The summed E-state index contributed by atoms with van der Waals surface area (Å²) in [4.78, 5) is 4.38. The van der Waals surface area contributed by atoms with Crippen molar-refractivity contribution in [3.63, 3.8) is 0 Å². The number of hydrogen-bond donors (Lipinski definition) is 3. The summed E-state index contributed by atoms with van der Waals surface area (Å²) >= 11 is 6.45. The second kappa shape index (κ2) is 5.76. The van der Waals surface area contributed by atoms with Crippen LogP contribution in [0.3, 0.4) is 0 Å². The standard InChI is InChI=1S/C20H16ClFN4O/c1-9-7-11-13(24-9)5-6-15(18(11)22)27-16-8-12(21)10-3-2-4-14-17(10)19(16)26-20(23)25-14/h2-6,8-9,24H,7H2,1H3,(H3,23,25,26). The summed E-state index contributed by atoms with van der Waals surface area (Å²) < 4.78 is 20.9. The summed E-state index contributed by atoms with van der Waals surface area (Å²) in [5, 5.41) is 8.39. The molecule has 2 heterocycles. The Balaban J connectivity index is 1.67. The van der Waals surface area contributed by atoms with E-state index in [9.17, 15) is 4.39 Å². The first-order valence-electron chi connectivity index (χ1n) is 8.63. The number of nitrogens with two attached hydrogens (primary N) is 1. The minimum absolute atomic E-state index is 0.140. The quantitative estimate of drug-likeness (QED) is 0.573. The molecule has 2 aliphatic heterocycles. The van der Waals surface area contributed by atoms with E-state index in [4.69, 9.17) is 22.1 Å². The van der Waals surface area contributed by atoms with Gasteiger partial charge in [0, 0.05) is 34.1 Å². The summed E-state index contributed by atoms with van der Waals surface area (Å²) in [7, 11) is 0. The Morgan fingerprint density at radius 2 is 2.07 bits per heavy atom. The number of ether oxygens (including phenoxy) is 1. The van der Waals surface area contributed by atoms with Crippen molar-refractivity contribution in [1.82, 2.24) is 0 Å². The first kappa shape index (κ1) is 16.2. The van der Waals surface area contributed by atoms with Crippen LogP contribution in [0.15, 0.2) is 41.4 Å². The molecule has 4 N–H and O–H groups in total. The molecule has 0 fully saturated rings. The Morgan fingerprint density at radius 3 is 2.93 bits per heavy atom. The van der Waals surface area contributed by atoms with E-state index in [0.717, 1.165) is 22.1 Å². The number of halogens is 2. The van der Waals surface area contributed by atoms with Gasteiger partial charge in [-0.05, 0) is 31.5 Å². The predicted octanol–water partition coefficient (Wildman–Crippen LogP) is 5.15. The van der Waals surface area contributed by atoms with Crippen LogP contribution in [0.4, 0.5) is 21.5 Å². The Kier molecular flexibility index (Phi) is 3.45. The number of hydrogen-bond acceptors (Lipinski definition) is 5. The van der Waals surface area contributed by atoms with Crippen LogP contribution in [-0.2, 0) is 6.42 Å². The molecule has 0 spiro atoms. The van der Waals surface area contributed by atoms with Crippen LogP contribution < -0.4 is 21.1 Å². The van der Waals surface area contributed by atoms with Crippen molar-refractivity contribution in [2.45, 2.75) is 19.4 Å². The van der Waals surface area contributed by atoms with Crippen molar-refractivity contribution in [2.75, 3.05) is 10.6 Å². The third kappa shape index (κ3) is 2.48. The molecular formula is C20H16ClFN4O. The van der Waals surface area contributed by atoms with Gasteiger partial charge in [-0.3, -0.25) is 0 Å². The number of benzene rings is 3. The minimum Gasteiger partial charge on any atom is -0.452 e. The van der Waals surface area contributed by atoms with E-state index in [1.165, 1.54) is 0 Å². The Bertz CT molecular complexity index is 1140. The highest BCUT2D eigenvalue weighted by Gasteiger charge is 2.25. The van der Waals surface area contributed by atoms with Crippen LogP contribution in [0.2, 0.25) is 5.02 Å². The third-order valence-electron chi connectivity index (χ3n) is 4.88. The van der Waals surface area contributed by atoms with Gasteiger partial charge in [-0.2, -0.15) is 0 Å². The largest absolute Gasteiger partial charge is 0.452 e. The van der Waals surface area contributed by atoms with Crippen LogP contribution in [0, 0.1) is 5.82 Å². The Hall–Kier alpha value is -2.99. The lowest BCUT2D eigenvalue weighted by Crippen LogP contribution is -2.24. The second-order valence-electron chi connectivity index (χ2n) is 6.81. The number of aliphatic imine (C=N–C) groups is 1. The maximum absolute atomic E-state index is 15.0. The summed E-state index contributed by atoms with van der Waals surface area (Å²) in [6, 6.07) is 11.0.